The number of carboxylic acids is 1. The average Bonchev–Trinajstić information content (AvgIpc) is 2.83. The molecule has 108 valence electrons. The lowest BCUT2D eigenvalue weighted by molar-refractivity contribution is -0.136. The van der Waals surface area contributed by atoms with Crippen LogP contribution in [0, 0.1) is 23.7 Å². The topological polar surface area (TPSA) is 55.1 Å². The molecule has 1 N–H and O–H groups in total. The highest BCUT2D eigenvalue weighted by molar-refractivity contribution is 5.67. The Labute approximate surface area is 119 Å². The third-order valence-corrected chi connectivity index (χ3v) is 5.76. The van der Waals surface area contributed by atoms with Gasteiger partial charge in [0.25, 0.3) is 0 Å². The summed E-state index contributed by atoms with van der Waals surface area (Å²) in [6.45, 7) is 0. The van der Waals surface area contributed by atoms with Crippen molar-refractivity contribution in [2.75, 3.05) is 0 Å². The molecule has 1 heterocycles. The van der Waals surface area contributed by atoms with Gasteiger partial charge >= 0.3 is 5.97 Å². The Morgan fingerprint density at radius 2 is 1.85 bits per heavy atom. The van der Waals surface area contributed by atoms with Crippen molar-refractivity contribution in [3.05, 3.63) is 18.0 Å². The van der Waals surface area contributed by atoms with Crippen LogP contribution in [0.25, 0.3) is 0 Å². The average molecular weight is 274 g/mol. The molecule has 1 aromatic rings. The Bertz CT molecular complexity index is 494. The minimum atomic E-state index is -0.729. The molecule has 4 fully saturated rings. The summed E-state index contributed by atoms with van der Waals surface area (Å²) in [5.41, 5.74) is 1.07. The lowest BCUT2D eigenvalue weighted by Crippen LogP contribution is -2.46. The van der Waals surface area contributed by atoms with Crippen molar-refractivity contribution in [3.8, 4) is 0 Å². The summed E-state index contributed by atoms with van der Waals surface area (Å²) in [5, 5.41) is 13.3. The van der Waals surface area contributed by atoms with Crippen molar-refractivity contribution >= 4 is 5.97 Å². The van der Waals surface area contributed by atoms with Gasteiger partial charge in [0.1, 0.15) is 0 Å². The van der Waals surface area contributed by atoms with Gasteiger partial charge in [-0.05, 0) is 67.8 Å². The zero-order chi connectivity index (χ0) is 13.7. The van der Waals surface area contributed by atoms with E-state index in [0.29, 0.717) is 12.5 Å². The minimum absolute atomic E-state index is 0.202. The van der Waals surface area contributed by atoms with Crippen LogP contribution in [0.15, 0.2) is 12.4 Å². The second kappa shape index (κ2) is 4.61. The zero-order valence-corrected chi connectivity index (χ0v) is 11.7. The number of aryl methyl sites for hydroxylation is 1. The van der Waals surface area contributed by atoms with Crippen molar-refractivity contribution in [2.45, 2.75) is 51.0 Å². The predicted molar refractivity (Wildman–Crippen MR) is 74.3 cm³/mol. The van der Waals surface area contributed by atoms with Gasteiger partial charge in [0, 0.05) is 12.6 Å². The van der Waals surface area contributed by atoms with Crippen LogP contribution in [-0.4, -0.2) is 20.9 Å². The van der Waals surface area contributed by atoms with Gasteiger partial charge in [0.15, 0.2) is 0 Å². The fourth-order valence-electron chi connectivity index (χ4n) is 5.25. The first-order valence-corrected chi connectivity index (χ1v) is 7.94. The van der Waals surface area contributed by atoms with Crippen LogP contribution >= 0.6 is 0 Å². The Morgan fingerprint density at radius 3 is 2.45 bits per heavy atom. The SMILES string of the molecule is O=C(O)CCc1cnn(C2C3CC4CC(C3)CC2C4)c1. The third kappa shape index (κ3) is 2.05. The highest BCUT2D eigenvalue weighted by Crippen LogP contribution is 2.58. The van der Waals surface area contributed by atoms with Crippen LogP contribution in [0.3, 0.4) is 0 Å². The number of nitrogens with zero attached hydrogens (tertiary/aromatic N) is 2. The Hall–Kier alpha value is -1.32. The first-order valence-electron chi connectivity index (χ1n) is 7.94. The van der Waals surface area contributed by atoms with Gasteiger partial charge < -0.3 is 5.11 Å². The summed E-state index contributed by atoms with van der Waals surface area (Å²) in [6.07, 6.45) is 11.8. The van der Waals surface area contributed by atoms with Gasteiger partial charge in [-0.25, -0.2) is 0 Å². The van der Waals surface area contributed by atoms with E-state index < -0.39 is 5.97 Å². The van der Waals surface area contributed by atoms with Crippen LogP contribution in [0.2, 0.25) is 0 Å². The van der Waals surface area contributed by atoms with E-state index in [0.717, 1.165) is 29.2 Å². The lowest BCUT2D eigenvalue weighted by atomic mass is 9.54. The summed E-state index contributed by atoms with van der Waals surface area (Å²) < 4.78 is 2.17. The molecule has 0 amide bonds. The van der Waals surface area contributed by atoms with Crippen molar-refractivity contribution < 1.29 is 9.90 Å². The van der Waals surface area contributed by atoms with Crippen LogP contribution < -0.4 is 0 Å². The number of carbonyl (C=O) groups is 1. The van der Waals surface area contributed by atoms with E-state index in [-0.39, 0.29) is 6.42 Å². The maximum atomic E-state index is 10.7. The summed E-state index contributed by atoms with van der Waals surface area (Å²) >= 11 is 0. The van der Waals surface area contributed by atoms with E-state index in [1.807, 2.05) is 6.20 Å². The zero-order valence-electron chi connectivity index (χ0n) is 11.7. The van der Waals surface area contributed by atoms with Crippen molar-refractivity contribution in [3.63, 3.8) is 0 Å². The second-order valence-corrected chi connectivity index (χ2v) is 7.14. The molecule has 4 saturated carbocycles. The number of aliphatic carboxylic acids is 1. The molecule has 4 heteroatoms. The highest BCUT2D eigenvalue weighted by Gasteiger charge is 2.49. The predicted octanol–water partition coefficient (Wildman–Crippen LogP) is 2.90. The number of hydrogen-bond donors (Lipinski definition) is 1. The fourth-order valence-corrected chi connectivity index (χ4v) is 5.25. The maximum Gasteiger partial charge on any atom is 0.303 e. The van der Waals surface area contributed by atoms with E-state index in [2.05, 4.69) is 16.0 Å². The first kappa shape index (κ1) is 12.4. The largest absolute Gasteiger partial charge is 0.481 e. The molecule has 0 atom stereocenters. The number of carboxylic acid groups (broad SMARTS) is 1. The van der Waals surface area contributed by atoms with E-state index in [4.69, 9.17) is 5.11 Å². The summed E-state index contributed by atoms with van der Waals surface area (Å²) in [4.78, 5) is 10.7. The molecule has 0 saturated heterocycles. The quantitative estimate of drug-likeness (QED) is 0.918. The Balaban J connectivity index is 1.51. The molecule has 0 aromatic carbocycles. The van der Waals surface area contributed by atoms with Crippen molar-refractivity contribution in [1.82, 2.24) is 9.78 Å². The summed E-state index contributed by atoms with van der Waals surface area (Å²) in [5.74, 6) is 2.87. The summed E-state index contributed by atoms with van der Waals surface area (Å²) in [7, 11) is 0. The van der Waals surface area contributed by atoms with Gasteiger partial charge in [0.05, 0.1) is 12.2 Å². The van der Waals surface area contributed by atoms with Gasteiger partial charge in [-0.1, -0.05) is 0 Å². The molecule has 0 spiro atoms. The highest BCUT2D eigenvalue weighted by atomic mass is 16.4. The molecule has 0 unspecified atom stereocenters. The number of aromatic nitrogens is 2. The fraction of sp³-hybridized carbons (Fsp3) is 0.750. The van der Waals surface area contributed by atoms with Crippen LogP contribution in [-0.2, 0) is 11.2 Å². The van der Waals surface area contributed by atoms with Crippen molar-refractivity contribution in [1.29, 1.82) is 0 Å². The molecule has 1 aromatic heterocycles. The molecule has 5 rings (SSSR count). The normalized spacial score (nSPS) is 38.3. The van der Waals surface area contributed by atoms with Crippen LogP contribution in [0.4, 0.5) is 0 Å². The minimum Gasteiger partial charge on any atom is -0.481 e. The smallest absolute Gasteiger partial charge is 0.303 e. The lowest BCUT2D eigenvalue weighted by Gasteiger charge is -2.54. The molecule has 20 heavy (non-hydrogen) atoms. The molecular formula is C16H22N2O2. The van der Waals surface area contributed by atoms with E-state index in [1.165, 1.54) is 32.1 Å². The Kier molecular flexibility index (Phi) is 2.86. The maximum absolute atomic E-state index is 10.7. The Morgan fingerprint density at radius 1 is 1.20 bits per heavy atom. The van der Waals surface area contributed by atoms with E-state index in [1.54, 1.807) is 0 Å². The molecule has 4 bridgehead atoms. The van der Waals surface area contributed by atoms with E-state index in [9.17, 15) is 4.79 Å². The molecule has 0 radical (unpaired) electrons. The van der Waals surface area contributed by atoms with Gasteiger partial charge in [-0.3, -0.25) is 9.48 Å². The standard InChI is InChI=1S/C16H22N2O2/c19-15(20)2-1-10-8-17-18(9-10)16-13-4-11-3-12(6-13)7-14(16)5-11/h8-9,11-14,16H,1-7H2,(H,19,20). The second-order valence-electron chi connectivity index (χ2n) is 7.14. The monoisotopic (exact) mass is 274 g/mol. The molecule has 0 aliphatic heterocycles. The number of rotatable bonds is 4. The molecular weight excluding hydrogens is 252 g/mol. The number of hydrogen-bond acceptors (Lipinski definition) is 2. The van der Waals surface area contributed by atoms with Crippen LogP contribution in [0.1, 0.15) is 50.1 Å². The molecule has 4 aliphatic carbocycles. The molecule has 4 aliphatic rings. The van der Waals surface area contributed by atoms with Gasteiger partial charge in [0.2, 0.25) is 0 Å². The third-order valence-electron chi connectivity index (χ3n) is 5.76. The van der Waals surface area contributed by atoms with Gasteiger partial charge in [-0.15, -0.1) is 0 Å². The van der Waals surface area contributed by atoms with E-state index >= 15 is 0 Å². The summed E-state index contributed by atoms with van der Waals surface area (Å²) in [6, 6.07) is 0.585. The van der Waals surface area contributed by atoms with Crippen molar-refractivity contribution in [2.24, 2.45) is 23.7 Å². The van der Waals surface area contributed by atoms with Gasteiger partial charge in [-0.2, -0.15) is 5.10 Å². The first-order chi connectivity index (χ1) is 9.69. The molecule has 4 nitrogen and oxygen atoms in total. The van der Waals surface area contributed by atoms with Crippen LogP contribution in [0.5, 0.6) is 0 Å².